The van der Waals surface area contributed by atoms with Crippen LogP contribution >= 0.6 is 0 Å². The molecule has 5 rings (SSSR count). The van der Waals surface area contributed by atoms with Crippen LogP contribution < -0.4 is 15.8 Å². The second-order valence-electron chi connectivity index (χ2n) is 8.19. The zero-order valence-electron chi connectivity index (χ0n) is 16.3. The Labute approximate surface area is 167 Å². The van der Waals surface area contributed by atoms with Crippen LogP contribution in [0, 0.1) is 5.92 Å². The largest absolute Gasteiger partial charge is 0.493 e. The summed E-state index contributed by atoms with van der Waals surface area (Å²) in [6.07, 6.45) is 4.35. The Bertz CT molecular complexity index is 1030. The van der Waals surface area contributed by atoms with E-state index in [-0.39, 0.29) is 12.0 Å². The molecule has 3 aromatic rings. The Morgan fingerprint density at radius 3 is 2.90 bits per heavy atom. The molecule has 8 nitrogen and oxygen atoms in total. The van der Waals surface area contributed by atoms with Crippen LogP contribution in [0.15, 0.2) is 33.2 Å². The summed E-state index contributed by atoms with van der Waals surface area (Å²) in [7, 11) is 0. The molecule has 0 aliphatic heterocycles. The molecule has 0 saturated heterocycles. The van der Waals surface area contributed by atoms with Crippen LogP contribution in [-0.4, -0.2) is 22.8 Å². The average Bonchev–Trinajstić information content (AvgIpc) is 3.18. The molecule has 2 fully saturated rings. The normalized spacial score (nSPS) is 22.2. The Balaban J connectivity index is 1.21. The molecule has 8 heteroatoms. The SMILES string of the molecule is C[C@H](NC(N)=O)c1cc(C2CC(c3nc4ccc(OCC5CC5)cc4o3)C2)no1. The van der Waals surface area contributed by atoms with E-state index in [4.69, 9.17) is 19.4 Å². The van der Waals surface area contributed by atoms with Gasteiger partial charge in [-0.2, -0.15) is 0 Å². The van der Waals surface area contributed by atoms with E-state index < -0.39 is 6.03 Å². The molecule has 3 N–H and O–H groups in total. The van der Waals surface area contributed by atoms with Gasteiger partial charge in [-0.15, -0.1) is 0 Å². The number of rotatable bonds is 7. The van der Waals surface area contributed by atoms with Crippen LogP contribution in [0.4, 0.5) is 4.79 Å². The molecule has 0 unspecified atom stereocenters. The van der Waals surface area contributed by atoms with Gasteiger partial charge in [-0.3, -0.25) is 0 Å². The maximum absolute atomic E-state index is 11.0. The number of primary amides is 1. The van der Waals surface area contributed by atoms with Gasteiger partial charge in [0.25, 0.3) is 0 Å². The lowest BCUT2D eigenvalue weighted by molar-refractivity contribution is 0.242. The van der Waals surface area contributed by atoms with Gasteiger partial charge in [0.1, 0.15) is 11.3 Å². The molecule has 152 valence electrons. The number of benzene rings is 1. The highest BCUT2D eigenvalue weighted by Gasteiger charge is 2.37. The van der Waals surface area contributed by atoms with Gasteiger partial charge in [0.2, 0.25) is 0 Å². The highest BCUT2D eigenvalue weighted by Crippen LogP contribution is 2.47. The molecule has 2 aromatic heterocycles. The van der Waals surface area contributed by atoms with Crippen molar-refractivity contribution < 1.29 is 18.5 Å². The molecule has 29 heavy (non-hydrogen) atoms. The van der Waals surface area contributed by atoms with Gasteiger partial charge >= 0.3 is 6.03 Å². The highest BCUT2D eigenvalue weighted by atomic mass is 16.5. The van der Waals surface area contributed by atoms with Crippen molar-refractivity contribution in [3.63, 3.8) is 0 Å². The second kappa shape index (κ2) is 7.09. The fourth-order valence-corrected chi connectivity index (χ4v) is 3.73. The average molecular weight is 396 g/mol. The summed E-state index contributed by atoms with van der Waals surface area (Å²) in [5, 5.41) is 6.74. The summed E-state index contributed by atoms with van der Waals surface area (Å²) in [6, 6.07) is 6.84. The first-order valence-corrected chi connectivity index (χ1v) is 10.1. The summed E-state index contributed by atoms with van der Waals surface area (Å²) >= 11 is 0. The highest BCUT2D eigenvalue weighted by molar-refractivity contribution is 5.74. The van der Waals surface area contributed by atoms with Gasteiger partial charge in [-0.1, -0.05) is 5.16 Å². The molecule has 2 heterocycles. The number of carbonyl (C=O) groups excluding carboxylic acids is 1. The monoisotopic (exact) mass is 396 g/mol. The molecular formula is C21H24N4O4. The molecular weight excluding hydrogens is 372 g/mol. The van der Waals surface area contributed by atoms with Crippen molar-refractivity contribution in [1.82, 2.24) is 15.5 Å². The third kappa shape index (κ3) is 3.79. The van der Waals surface area contributed by atoms with Crippen LogP contribution in [0.25, 0.3) is 11.1 Å². The number of nitrogens with zero attached hydrogens (tertiary/aromatic N) is 2. The minimum atomic E-state index is -0.587. The first kappa shape index (κ1) is 18.0. The van der Waals surface area contributed by atoms with Crippen molar-refractivity contribution in [2.24, 2.45) is 11.7 Å². The number of urea groups is 1. The molecule has 0 spiro atoms. The minimum absolute atomic E-state index is 0.268. The molecule has 2 amide bonds. The Morgan fingerprint density at radius 2 is 2.14 bits per heavy atom. The predicted octanol–water partition coefficient (Wildman–Crippen LogP) is 4.00. The van der Waals surface area contributed by atoms with E-state index in [1.165, 1.54) is 12.8 Å². The number of nitrogens with two attached hydrogens (primary N) is 1. The lowest BCUT2D eigenvalue weighted by atomic mass is 9.73. The number of ether oxygens (including phenoxy) is 1. The number of aromatic nitrogens is 2. The van der Waals surface area contributed by atoms with E-state index in [0.29, 0.717) is 11.7 Å². The molecule has 1 aromatic carbocycles. The lowest BCUT2D eigenvalue weighted by Gasteiger charge is -2.31. The maximum atomic E-state index is 11.0. The van der Waals surface area contributed by atoms with Crippen molar-refractivity contribution in [2.75, 3.05) is 6.61 Å². The number of fused-ring (bicyclic) bond motifs is 1. The van der Waals surface area contributed by atoms with Crippen LogP contribution in [0.1, 0.15) is 67.8 Å². The van der Waals surface area contributed by atoms with Gasteiger partial charge in [0.05, 0.1) is 18.3 Å². The second-order valence-corrected chi connectivity index (χ2v) is 8.19. The van der Waals surface area contributed by atoms with E-state index in [0.717, 1.165) is 53.8 Å². The van der Waals surface area contributed by atoms with Crippen molar-refractivity contribution in [3.8, 4) is 5.75 Å². The van der Waals surface area contributed by atoms with Crippen LogP contribution in [0.3, 0.4) is 0 Å². The standard InChI is InChI=1S/C21H24N4O4/c1-11(23-21(22)26)18-9-17(25-29-18)13-6-14(7-13)20-24-16-5-4-15(8-19(16)28-20)27-10-12-2-3-12/h4-5,8-9,11-14H,2-3,6-7,10H2,1H3,(H3,22,23,26)/t11-,13?,14?/m0/s1. The van der Waals surface area contributed by atoms with Gasteiger partial charge in [-0.25, -0.2) is 9.78 Å². The summed E-state index contributed by atoms with van der Waals surface area (Å²) < 4.78 is 17.2. The number of amides is 2. The summed E-state index contributed by atoms with van der Waals surface area (Å²) in [5.74, 6) is 3.49. The topological polar surface area (TPSA) is 116 Å². The number of oxazole rings is 1. The van der Waals surface area contributed by atoms with E-state index in [1.54, 1.807) is 6.92 Å². The zero-order chi connectivity index (χ0) is 20.0. The van der Waals surface area contributed by atoms with Crippen LogP contribution in [0.2, 0.25) is 0 Å². The molecule has 2 aliphatic carbocycles. The summed E-state index contributed by atoms with van der Waals surface area (Å²) in [4.78, 5) is 15.6. The molecule has 1 atom stereocenters. The van der Waals surface area contributed by atoms with Crippen molar-refractivity contribution in [3.05, 3.63) is 41.6 Å². The Hall–Kier alpha value is -3.03. The molecule has 0 bridgehead atoms. The number of nitrogens with one attached hydrogen (secondary N) is 1. The van der Waals surface area contributed by atoms with Crippen molar-refractivity contribution in [1.29, 1.82) is 0 Å². The minimum Gasteiger partial charge on any atom is -0.493 e. The van der Waals surface area contributed by atoms with E-state index in [2.05, 4.69) is 15.5 Å². The lowest BCUT2D eigenvalue weighted by Crippen LogP contribution is -2.31. The third-order valence-corrected chi connectivity index (χ3v) is 5.80. The van der Waals surface area contributed by atoms with Crippen LogP contribution in [0.5, 0.6) is 5.75 Å². The van der Waals surface area contributed by atoms with Crippen molar-refractivity contribution >= 4 is 17.1 Å². The molecule has 2 saturated carbocycles. The predicted molar refractivity (Wildman–Crippen MR) is 105 cm³/mol. The Morgan fingerprint density at radius 1 is 1.31 bits per heavy atom. The van der Waals surface area contributed by atoms with E-state index >= 15 is 0 Å². The van der Waals surface area contributed by atoms with Crippen molar-refractivity contribution in [2.45, 2.75) is 50.5 Å². The number of hydrogen-bond donors (Lipinski definition) is 2. The van der Waals surface area contributed by atoms with Gasteiger partial charge < -0.3 is 24.7 Å². The molecule has 2 aliphatic rings. The number of hydrogen-bond acceptors (Lipinski definition) is 6. The smallest absolute Gasteiger partial charge is 0.312 e. The fraction of sp³-hybridized carbons (Fsp3) is 0.476. The summed E-state index contributed by atoms with van der Waals surface area (Å²) in [5.41, 5.74) is 7.67. The quantitative estimate of drug-likeness (QED) is 0.623. The first-order valence-electron chi connectivity index (χ1n) is 10.1. The number of carbonyl (C=O) groups is 1. The first-order chi connectivity index (χ1) is 14.0. The van der Waals surface area contributed by atoms with Gasteiger partial charge in [0.15, 0.2) is 17.2 Å². The van der Waals surface area contributed by atoms with E-state index in [9.17, 15) is 4.79 Å². The fourth-order valence-electron chi connectivity index (χ4n) is 3.73. The maximum Gasteiger partial charge on any atom is 0.312 e. The van der Waals surface area contributed by atoms with Gasteiger partial charge in [0, 0.05) is 24.0 Å². The third-order valence-electron chi connectivity index (χ3n) is 5.80. The Kier molecular flexibility index (Phi) is 4.41. The van der Waals surface area contributed by atoms with Crippen LogP contribution in [-0.2, 0) is 0 Å². The summed E-state index contributed by atoms with van der Waals surface area (Å²) in [6.45, 7) is 2.59. The molecule has 0 radical (unpaired) electrons. The zero-order valence-corrected chi connectivity index (χ0v) is 16.3. The van der Waals surface area contributed by atoms with E-state index in [1.807, 2.05) is 24.3 Å². The van der Waals surface area contributed by atoms with Gasteiger partial charge in [-0.05, 0) is 50.7 Å².